The maximum Gasteiger partial charge on any atom is 0.295 e. The summed E-state index contributed by atoms with van der Waals surface area (Å²) in [5, 5.41) is 11.4. The van der Waals surface area contributed by atoms with Crippen LogP contribution in [0.1, 0.15) is 44.4 Å². The standard InChI is InChI=1S/C29H36N2O6/c1-4-36-24-9-6-5-8-23(24)26-25(27(32)21-10-12-22(13-11-21)37-20(2)3)28(33)29(34)31(26)15-7-14-30-16-18-35-19-17-30/h5-6,8-13,20,26,32H,4,7,14-19H2,1-3H3/t26-/m1/s1. The van der Waals surface area contributed by atoms with E-state index in [0.717, 1.165) is 19.6 Å². The quantitative estimate of drug-likeness (QED) is 0.295. The minimum absolute atomic E-state index is 0.0114. The first kappa shape index (κ1) is 26.7. The summed E-state index contributed by atoms with van der Waals surface area (Å²) in [5.41, 5.74) is 1.19. The van der Waals surface area contributed by atoms with Gasteiger partial charge in [-0.2, -0.15) is 0 Å². The number of ketones is 1. The number of para-hydroxylation sites is 1. The van der Waals surface area contributed by atoms with E-state index in [0.29, 0.717) is 55.4 Å². The van der Waals surface area contributed by atoms with Gasteiger partial charge in [0.15, 0.2) is 0 Å². The molecule has 0 aliphatic carbocycles. The van der Waals surface area contributed by atoms with Gasteiger partial charge in [-0.3, -0.25) is 14.5 Å². The minimum atomic E-state index is -0.751. The third-order valence-corrected chi connectivity index (χ3v) is 6.53. The van der Waals surface area contributed by atoms with E-state index in [1.807, 2.05) is 45.0 Å². The number of likely N-dealkylation sites (tertiary alicyclic amines) is 1. The van der Waals surface area contributed by atoms with Gasteiger partial charge in [-0.05, 0) is 57.5 Å². The molecule has 0 unspecified atom stereocenters. The summed E-state index contributed by atoms with van der Waals surface area (Å²) in [6.07, 6.45) is 0.707. The number of amides is 1. The van der Waals surface area contributed by atoms with Crippen LogP contribution in [-0.4, -0.2) is 78.7 Å². The van der Waals surface area contributed by atoms with E-state index in [1.54, 1.807) is 29.2 Å². The van der Waals surface area contributed by atoms with Gasteiger partial charge in [0, 0.05) is 37.3 Å². The third-order valence-electron chi connectivity index (χ3n) is 6.53. The highest BCUT2D eigenvalue weighted by atomic mass is 16.5. The van der Waals surface area contributed by atoms with Crippen molar-refractivity contribution in [2.24, 2.45) is 0 Å². The van der Waals surface area contributed by atoms with Crippen molar-refractivity contribution in [1.82, 2.24) is 9.80 Å². The van der Waals surface area contributed by atoms with E-state index in [2.05, 4.69) is 4.90 Å². The van der Waals surface area contributed by atoms with E-state index in [1.165, 1.54) is 0 Å². The minimum Gasteiger partial charge on any atom is -0.507 e. The number of carbonyl (C=O) groups excluding carboxylic acids is 2. The number of aliphatic hydroxyl groups excluding tert-OH is 1. The number of ether oxygens (including phenoxy) is 3. The Hall–Kier alpha value is -3.36. The monoisotopic (exact) mass is 508 g/mol. The fourth-order valence-electron chi connectivity index (χ4n) is 4.84. The normalized spacial score (nSPS) is 20.0. The number of carbonyl (C=O) groups is 2. The van der Waals surface area contributed by atoms with Crippen LogP contribution in [0, 0.1) is 0 Å². The Labute approximate surface area is 218 Å². The molecule has 4 rings (SSSR count). The lowest BCUT2D eigenvalue weighted by Crippen LogP contribution is -2.39. The summed E-state index contributed by atoms with van der Waals surface area (Å²) in [5.74, 6) is -0.265. The van der Waals surface area contributed by atoms with E-state index in [4.69, 9.17) is 14.2 Å². The number of morpholine rings is 1. The highest BCUT2D eigenvalue weighted by Gasteiger charge is 2.46. The molecule has 1 amide bonds. The fraction of sp³-hybridized carbons (Fsp3) is 0.448. The van der Waals surface area contributed by atoms with E-state index in [9.17, 15) is 14.7 Å². The van der Waals surface area contributed by atoms with Crippen LogP contribution in [0.15, 0.2) is 54.1 Å². The summed E-state index contributed by atoms with van der Waals surface area (Å²) < 4.78 is 17.0. The van der Waals surface area contributed by atoms with Crippen molar-refractivity contribution in [3.63, 3.8) is 0 Å². The first-order valence-corrected chi connectivity index (χ1v) is 13.0. The Bertz CT molecular complexity index is 1120. The second-order valence-corrected chi connectivity index (χ2v) is 9.46. The molecular weight excluding hydrogens is 472 g/mol. The molecule has 2 aliphatic rings. The number of Topliss-reactive ketones (excluding diaryl/α,β-unsaturated/α-hetero) is 1. The highest BCUT2D eigenvalue weighted by Crippen LogP contribution is 2.42. The zero-order valence-electron chi connectivity index (χ0n) is 21.8. The van der Waals surface area contributed by atoms with Gasteiger partial charge in [-0.15, -0.1) is 0 Å². The van der Waals surface area contributed by atoms with Crippen LogP contribution in [-0.2, 0) is 14.3 Å². The predicted octanol–water partition coefficient (Wildman–Crippen LogP) is 4.02. The Morgan fingerprint density at radius 3 is 2.43 bits per heavy atom. The van der Waals surface area contributed by atoms with Gasteiger partial charge in [-0.25, -0.2) is 0 Å². The smallest absolute Gasteiger partial charge is 0.295 e. The van der Waals surface area contributed by atoms with E-state index >= 15 is 0 Å². The second kappa shape index (κ2) is 12.3. The van der Waals surface area contributed by atoms with Gasteiger partial charge in [0.1, 0.15) is 17.3 Å². The predicted molar refractivity (Wildman–Crippen MR) is 141 cm³/mol. The van der Waals surface area contributed by atoms with Gasteiger partial charge in [0.25, 0.3) is 11.7 Å². The molecule has 0 aromatic heterocycles. The fourth-order valence-corrected chi connectivity index (χ4v) is 4.84. The molecular formula is C29H36N2O6. The molecule has 2 fully saturated rings. The number of hydrogen-bond acceptors (Lipinski definition) is 7. The van der Waals surface area contributed by atoms with Crippen LogP contribution < -0.4 is 9.47 Å². The van der Waals surface area contributed by atoms with Gasteiger partial charge in [0.05, 0.1) is 37.5 Å². The molecule has 2 aliphatic heterocycles. The second-order valence-electron chi connectivity index (χ2n) is 9.46. The molecule has 8 heteroatoms. The van der Waals surface area contributed by atoms with E-state index in [-0.39, 0.29) is 17.4 Å². The maximum atomic E-state index is 13.4. The molecule has 1 N–H and O–H groups in total. The molecule has 0 bridgehead atoms. The Morgan fingerprint density at radius 1 is 1.05 bits per heavy atom. The van der Waals surface area contributed by atoms with Crippen LogP contribution in [0.2, 0.25) is 0 Å². The summed E-state index contributed by atoms with van der Waals surface area (Å²) in [7, 11) is 0. The van der Waals surface area contributed by atoms with Crippen LogP contribution in [0.25, 0.3) is 5.76 Å². The van der Waals surface area contributed by atoms with Crippen LogP contribution >= 0.6 is 0 Å². The van der Waals surface area contributed by atoms with Crippen molar-refractivity contribution in [2.75, 3.05) is 46.0 Å². The molecule has 0 radical (unpaired) electrons. The topological polar surface area (TPSA) is 88.5 Å². The summed E-state index contributed by atoms with van der Waals surface area (Å²) in [4.78, 5) is 30.5. The molecule has 0 spiro atoms. The largest absolute Gasteiger partial charge is 0.507 e. The number of nitrogens with zero attached hydrogens (tertiary/aromatic N) is 2. The van der Waals surface area contributed by atoms with Gasteiger partial charge in [0.2, 0.25) is 0 Å². The molecule has 2 saturated heterocycles. The molecule has 1 atom stereocenters. The van der Waals surface area contributed by atoms with Crippen molar-refractivity contribution in [3.8, 4) is 11.5 Å². The summed E-state index contributed by atoms with van der Waals surface area (Å²) in [6.45, 7) is 10.5. The first-order chi connectivity index (χ1) is 17.9. The lowest BCUT2D eigenvalue weighted by Gasteiger charge is -2.29. The van der Waals surface area contributed by atoms with Gasteiger partial charge < -0.3 is 24.2 Å². The van der Waals surface area contributed by atoms with Crippen molar-refractivity contribution in [2.45, 2.75) is 39.3 Å². The highest BCUT2D eigenvalue weighted by molar-refractivity contribution is 6.46. The van der Waals surface area contributed by atoms with Crippen molar-refractivity contribution in [3.05, 3.63) is 65.2 Å². The maximum absolute atomic E-state index is 13.4. The molecule has 2 aromatic rings. The lowest BCUT2D eigenvalue weighted by molar-refractivity contribution is -0.140. The number of aliphatic hydroxyl groups is 1. The summed E-state index contributed by atoms with van der Waals surface area (Å²) >= 11 is 0. The third kappa shape index (κ3) is 6.14. The average molecular weight is 509 g/mol. The zero-order valence-corrected chi connectivity index (χ0v) is 21.8. The Balaban J connectivity index is 1.69. The lowest BCUT2D eigenvalue weighted by atomic mass is 9.94. The Kier molecular flexibility index (Phi) is 8.84. The zero-order chi connectivity index (χ0) is 26.4. The first-order valence-electron chi connectivity index (χ1n) is 13.0. The Morgan fingerprint density at radius 2 is 1.76 bits per heavy atom. The number of rotatable bonds is 10. The molecule has 8 nitrogen and oxygen atoms in total. The number of benzene rings is 2. The van der Waals surface area contributed by atoms with Crippen molar-refractivity contribution in [1.29, 1.82) is 0 Å². The molecule has 0 saturated carbocycles. The van der Waals surface area contributed by atoms with E-state index < -0.39 is 17.7 Å². The van der Waals surface area contributed by atoms with Crippen LogP contribution in [0.4, 0.5) is 0 Å². The molecule has 2 heterocycles. The van der Waals surface area contributed by atoms with Gasteiger partial charge in [-0.1, -0.05) is 18.2 Å². The number of hydrogen-bond donors (Lipinski definition) is 1. The average Bonchev–Trinajstić information content (AvgIpc) is 3.14. The molecule has 37 heavy (non-hydrogen) atoms. The van der Waals surface area contributed by atoms with Gasteiger partial charge >= 0.3 is 0 Å². The SMILES string of the molecule is CCOc1ccccc1[C@@H]1C(=C(O)c2ccc(OC(C)C)cc2)C(=O)C(=O)N1CCCN1CCOCC1. The molecule has 2 aromatic carbocycles. The van der Waals surface area contributed by atoms with Crippen LogP contribution in [0.5, 0.6) is 11.5 Å². The van der Waals surface area contributed by atoms with Crippen LogP contribution in [0.3, 0.4) is 0 Å². The summed E-state index contributed by atoms with van der Waals surface area (Å²) in [6, 6.07) is 13.5. The van der Waals surface area contributed by atoms with Crippen molar-refractivity contribution >= 4 is 17.4 Å². The van der Waals surface area contributed by atoms with Crippen molar-refractivity contribution < 1.29 is 28.9 Å². The molecule has 198 valence electrons.